The highest BCUT2D eigenvalue weighted by Gasteiger charge is 2.30. The summed E-state index contributed by atoms with van der Waals surface area (Å²) in [6, 6.07) is 3.93. The lowest BCUT2D eigenvalue weighted by Gasteiger charge is -2.14. The van der Waals surface area contributed by atoms with Gasteiger partial charge in [-0.15, -0.1) is 0 Å². The standard InChI is InChI=1S/C12H19N3O2/c13-9-15-7-11(16)12(8-15)17-5-3-10-2-1-4-14-6-10/h1-2,4,6,11-12,16H,3,5,7-9,13H2. The van der Waals surface area contributed by atoms with Gasteiger partial charge in [-0.05, 0) is 18.1 Å². The average molecular weight is 237 g/mol. The van der Waals surface area contributed by atoms with Crippen molar-refractivity contribution in [2.45, 2.75) is 18.6 Å². The van der Waals surface area contributed by atoms with E-state index in [2.05, 4.69) is 4.98 Å². The van der Waals surface area contributed by atoms with Crippen LogP contribution in [0.5, 0.6) is 0 Å². The molecule has 2 heterocycles. The summed E-state index contributed by atoms with van der Waals surface area (Å²) in [5.74, 6) is 0. The molecule has 94 valence electrons. The molecule has 2 atom stereocenters. The molecular weight excluding hydrogens is 218 g/mol. The molecule has 5 heteroatoms. The number of nitrogens with two attached hydrogens (primary N) is 1. The summed E-state index contributed by atoms with van der Waals surface area (Å²) < 4.78 is 5.68. The Labute approximate surface area is 101 Å². The second-order valence-corrected chi connectivity index (χ2v) is 4.31. The van der Waals surface area contributed by atoms with Crippen LogP contribution in [0, 0.1) is 0 Å². The van der Waals surface area contributed by atoms with Crippen molar-refractivity contribution in [3.63, 3.8) is 0 Å². The van der Waals surface area contributed by atoms with Gasteiger partial charge in [0, 0.05) is 32.2 Å². The normalized spacial score (nSPS) is 25.3. The summed E-state index contributed by atoms with van der Waals surface area (Å²) in [4.78, 5) is 6.03. The molecule has 2 unspecified atom stereocenters. The molecule has 0 spiro atoms. The van der Waals surface area contributed by atoms with Crippen LogP contribution in [0.25, 0.3) is 0 Å². The maximum atomic E-state index is 9.75. The third kappa shape index (κ3) is 3.47. The minimum Gasteiger partial charge on any atom is -0.389 e. The van der Waals surface area contributed by atoms with Gasteiger partial charge in [0.2, 0.25) is 0 Å². The van der Waals surface area contributed by atoms with Gasteiger partial charge in [-0.1, -0.05) is 6.07 Å². The number of ether oxygens (including phenoxy) is 1. The summed E-state index contributed by atoms with van der Waals surface area (Å²) in [5.41, 5.74) is 6.68. The van der Waals surface area contributed by atoms with E-state index in [0.29, 0.717) is 26.4 Å². The molecule has 1 saturated heterocycles. The summed E-state index contributed by atoms with van der Waals surface area (Å²) in [5, 5.41) is 9.75. The van der Waals surface area contributed by atoms with Crippen molar-refractivity contribution in [1.29, 1.82) is 0 Å². The number of hydrogen-bond acceptors (Lipinski definition) is 5. The zero-order chi connectivity index (χ0) is 12.1. The first kappa shape index (κ1) is 12.4. The number of likely N-dealkylation sites (tertiary alicyclic amines) is 1. The van der Waals surface area contributed by atoms with Crippen LogP contribution < -0.4 is 5.73 Å². The summed E-state index contributed by atoms with van der Waals surface area (Å²) in [6.07, 6.45) is 3.87. The maximum Gasteiger partial charge on any atom is 0.0973 e. The monoisotopic (exact) mass is 237 g/mol. The van der Waals surface area contributed by atoms with E-state index in [4.69, 9.17) is 10.5 Å². The average Bonchev–Trinajstić information content (AvgIpc) is 2.72. The van der Waals surface area contributed by atoms with Gasteiger partial charge in [-0.3, -0.25) is 9.88 Å². The van der Waals surface area contributed by atoms with Gasteiger partial charge in [0.25, 0.3) is 0 Å². The van der Waals surface area contributed by atoms with Crippen molar-refractivity contribution in [2.24, 2.45) is 5.73 Å². The number of β-amino-alcohol motifs (C(OH)–C–C–N with tert-alkyl or cyclic N) is 1. The summed E-state index contributed by atoms with van der Waals surface area (Å²) >= 11 is 0. The Bertz CT molecular complexity index is 334. The largest absolute Gasteiger partial charge is 0.389 e. The molecule has 0 aliphatic carbocycles. The van der Waals surface area contributed by atoms with Crippen molar-refractivity contribution in [3.8, 4) is 0 Å². The quantitative estimate of drug-likeness (QED) is 0.729. The molecule has 17 heavy (non-hydrogen) atoms. The van der Waals surface area contributed by atoms with Crippen molar-refractivity contribution >= 4 is 0 Å². The number of aliphatic hydroxyl groups excluding tert-OH is 1. The predicted molar refractivity (Wildman–Crippen MR) is 64.3 cm³/mol. The Morgan fingerprint density at radius 1 is 1.53 bits per heavy atom. The Balaban J connectivity index is 1.72. The lowest BCUT2D eigenvalue weighted by molar-refractivity contribution is -0.00700. The molecule has 1 aliphatic rings. The molecule has 1 aliphatic heterocycles. The predicted octanol–water partition coefficient (Wildman–Crippen LogP) is -0.398. The highest BCUT2D eigenvalue weighted by molar-refractivity contribution is 5.08. The molecule has 1 aromatic rings. The zero-order valence-corrected chi connectivity index (χ0v) is 9.83. The van der Waals surface area contributed by atoms with E-state index in [1.165, 1.54) is 0 Å². The first-order valence-electron chi connectivity index (χ1n) is 5.90. The summed E-state index contributed by atoms with van der Waals surface area (Å²) in [6.45, 7) is 2.39. The van der Waals surface area contributed by atoms with Gasteiger partial charge in [0.05, 0.1) is 18.8 Å². The molecule has 1 fully saturated rings. The van der Waals surface area contributed by atoms with Crippen LogP contribution in [0.3, 0.4) is 0 Å². The fourth-order valence-corrected chi connectivity index (χ4v) is 2.02. The SMILES string of the molecule is NCN1CC(O)C(OCCc2cccnc2)C1. The van der Waals surface area contributed by atoms with Crippen LogP contribution in [0.2, 0.25) is 0 Å². The van der Waals surface area contributed by atoms with Crippen LogP contribution in [-0.4, -0.2) is 53.6 Å². The van der Waals surface area contributed by atoms with Crippen LogP contribution in [0.4, 0.5) is 0 Å². The van der Waals surface area contributed by atoms with E-state index >= 15 is 0 Å². The Morgan fingerprint density at radius 2 is 2.41 bits per heavy atom. The lowest BCUT2D eigenvalue weighted by atomic mass is 10.2. The van der Waals surface area contributed by atoms with Crippen LogP contribution in [0.1, 0.15) is 5.56 Å². The Kier molecular flexibility index (Phi) is 4.44. The smallest absolute Gasteiger partial charge is 0.0973 e. The third-order valence-electron chi connectivity index (χ3n) is 3.02. The van der Waals surface area contributed by atoms with E-state index in [1.807, 2.05) is 23.2 Å². The van der Waals surface area contributed by atoms with Crippen LogP contribution >= 0.6 is 0 Å². The van der Waals surface area contributed by atoms with E-state index in [9.17, 15) is 5.11 Å². The van der Waals surface area contributed by atoms with Gasteiger partial charge in [-0.2, -0.15) is 0 Å². The highest BCUT2D eigenvalue weighted by Crippen LogP contribution is 2.12. The van der Waals surface area contributed by atoms with Crippen molar-refractivity contribution in [3.05, 3.63) is 30.1 Å². The molecule has 0 aromatic carbocycles. The number of aromatic nitrogens is 1. The van der Waals surface area contributed by atoms with Crippen molar-refractivity contribution in [2.75, 3.05) is 26.4 Å². The fraction of sp³-hybridized carbons (Fsp3) is 0.583. The number of hydrogen-bond donors (Lipinski definition) is 2. The first-order chi connectivity index (χ1) is 8.29. The topological polar surface area (TPSA) is 71.6 Å². The Morgan fingerprint density at radius 3 is 3.06 bits per heavy atom. The molecule has 0 bridgehead atoms. The summed E-state index contributed by atoms with van der Waals surface area (Å²) in [7, 11) is 0. The third-order valence-corrected chi connectivity index (χ3v) is 3.02. The van der Waals surface area contributed by atoms with E-state index in [-0.39, 0.29) is 6.10 Å². The number of pyridine rings is 1. The molecule has 1 aromatic heterocycles. The van der Waals surface area contributed by atoms with E-state index in [1.54, 1.807) is 6.20 Å². The van der Waals surface area contributed by atoms with E-state index in [0.717, 1.165) is 12.0 Å². The van der Waals surface area contributed by atoms with Crippen molar-refractivity contribution < 1.29 is 9.84 Å². The molecule has 0 saturated carbocycles. The van der Waals surface area contributed by atoms with E-state index < -0.39 is 6.10 Å². The molecule has 3 N–H and O–H groups in total. The molecule has 2 rings (SSSR count). The number of rotatable bonds is 5. The number of nitrogens with zero attached hydrogens (tertiary/aromatic N) is 2. The van der Waals surface area contributed by atoms with Gasteiger partial charge >= 0.3 is 0 Å². The van der Waals surface area contributed by atoms with Crippen molar-refractivity contribution in [1.82, 2.24) is 9.88 Å². The fourth-order valence-electron chi connectivity index (χ4n) is 2.02. The van der Waals surface area contributed by atoms with Crippen LogP contribution in [-0.2, 0) is 11.2 Å². The van der Waals surface area contributed by atoms with Gasteiger partial charge in [0.15, 0.2) is 0 Å². The molecule has 5 nitrogen and oxygen atoms in total. The van der Waals surface area contributed by atoms with Gasteiger partial charge in [0.1, 0.15) is 0 Å². The molecular formula is C12H19N3O2. The molecule has 0 radical (unpaired) electrons. The van der Waals surface area contributed by atoms with Gasteiger partial charge in [-0.25, -0.2) is 0 Å². The second-order valence-electron chi connectivity index (χ2n) is 4.31. The van der Waals surface area contributed by atoms with Crippen LogP contribution in [0.15, 0.2) is 24.5 Å². The second kappa shape index (κ2) is 6.07. The minimum atomic E-state index is -0.424. The minimum absolute atomic E-state index is 0.116. The number of aliphatic hydroxyl groups is 1. The van der Waals surface area contributed by atoms with Gasteiger partial charge < -0.3 is 15.6 Å². The highest BCUT2D eigenvalue weighted by atomic mass is 16.5. The Hall–Kier alpha value is -1.01. The molecule has 0 amide bonds. The first-order valence-corrected chi connectivity index (χ1v) is 5.90. The maximum absolute atomic E-state index is 9.75. The lowest BCUT2D eigenvalue weighted by Crippen LogP contribution is -2.29. The zero-order valence-electron chi connectivity index (χ0n) is 9.83.